The van der Waals surface area contributed by atoms with Crippen LogP contribution in [0.1, 0.15) is 81.5 Å². The Balaban J connectivity index is 0.932. The number of amides is 5. The minimum absolute atomic E-state index is 0.0549. The van der Waals surface area contributed by atoms with Gasteiger partial charge in [-0.25, -0.2) is 0 Å². The number of anilines is 2. The van der Waals surface area contributed by atoms with Crippen molar-refractivity contribution in [3.8, 4) is 0 Å². The fourth-order valence-corrected chi connectivity index (χ4v) is 6.73. The zero-order valence-electron chi connectivity index (χ0n) is 37.0. The van der Waals surface area contributed by atoms with Gasteiger partial charge in [0, 0.05) is 37.1 Å². The highest BCUT2D eigenvalue weighted by Crippen LogP contribution is 2.33. The Bertz CT molecular complexity index is 1940. The molecule has 0 saturated heterocycles. The molecule has 0 spiro atoms. The molecule has 63 heavy (non-hydrogen) atoms. The lowest BCUT2D eigenvalue weighted by Gasteiger charge is -2.28. The van der Waals surface area contributed by atoms with Crippen molar-refractivity contribution in [2.75, 3.05) is 76.2 Å². The number of aliphatic hydroxyl groups is 1. The van der Waals surface area contributed by atoms with Crippen LogP contribution in [0.15, 0.2) is 72.8 Å². The van der Waals surface area contributed by atoms with Crippen molar-refractivity contribution in [1.82, 2.24) is 16.0 Å². The quantitative estimate of drug-likeness (QED) is 0.0620. The van der Waals surface area contributed by atoms with E-state index in [1.807, 2.05) is 35.2 Å². The van der Waals surface area contributed by atoms with Gasteiger partial charge in [0.25, 0.3) is 0 Å². The average Bonchev–Trinajstić information content (AvgIpc) is 3.27. The molecule has 0 bridgehead atoms. The van der Waals surface area contributed by atoms with Gasteiger partial charge in [0.2, 0.25) is 29.5 Å². The van der Waals surface area contributed by atoms with E-state index < -0.39 is 17.9 Å². The van der Waals surface area contributed by atoms with Gasteiger partial charge in [-0.15, -0.1) is 0 Å². The standard InChI is InChI=1S/C48H65N5O10/c1-35(2)47(48(59)50-32-45(57)51-40-18-16-37(34-54)17-19-40)52-44(56)21-24-61-26-28-63-30-29-62-27-25-60-23-20-43(55)49-22-10-4-5-15-46(58)53-33-39-12-7-6-11-38(39)31-36(3)41-13-8-9-14-42(41)53/h6-9,11-14,16-19,31,35,47,54H,4-5,10,15,20-30,32-34H2,1-3H3,(H,49,55)(H,50,59)(H,51,57)(H,52,56)/b36-31-/t47-/m0/s1. The summed E-state index contributed by atoms with van der Waals surface area (Å²) in [6.45, 7) is 8.89. The van der Waals surface area contributed by atoms with Crippen molar-refractivity contribution in [3.63, 3.8) is 0 Å². The van der Waals surface area contributed by atoms with Gasteiger partial charge in [-0.3, -0.25) is 24.0 Å². The smallest absolute Gasteiger partial charge is 0.243 e. The zero-order valence-corrected chi connectivity index (χ0v) is 37.0. The normalized spacial score (nSPS) is 13.4. The van der Waals surface area contributed by atoms with Crippen LogP contribution in [0.4, 0.5) is 11.4 Å². The first-order valence-corrected chi connectivity index (χ1v) is 21.9. The number of aliphatic hydroxyl groups excluding tert-OH is 1. The topological polar surface area (TPSA) is 194 Å². The molecule has 0 fully saturated rings. The second-order valence-electron chi connectivity index (χ2n) is 15.5. The first-order valence-electron chi connectivity index (χ1n) is 21.9. The SMILES string of the molecule is C/C1=C/c2ccccc2CN(C(=O)CCCCCNC(=O)CCOCCOCCOCCOCCC(=O)N[C@H](C(=O)NCC(=O)Nc2ccc(CO)cc2)C(C)C)c2ccccc21. The predicted molar refractivity (Wildman–Crippen MR) is 242 cm³/mol. The Morgan fingerprint density at radius 1 is 0.683 bits per heavy atom. The predicted octanol–water partition coefficient (Wildman–Crippen LogP) is 5.00. The number of hydrogen-bond donors (Lipinski definition) is 5. The maximum absolute atomic E-state index is 13.5. The third-order valence-electron chi connectivity index (χ3n) is 10.2. The molecule has 0 aromatic heterocycles. The van der Waals surface area contributed by atoms with E-state index >= 15 is 0 Å². The fourth-order valence-electron chi connectivity index (χ4n) is 6.73. The van der Waals surface area contributed by atoms with Crippen LogP contribution >= 0.6 is 0 Å². The van der Waals surface area contributed by atoms with Crippen molar-refractivity contribution in [2.45, 2.75) is 78.5 Å². The molecule has 0 radical (unpaired) electrons. The number of carbonyl (C=O) groups excluding carboxylic acids is 5. The Morgan fingerprint density at radius 3 is 1.97 bits per heavy atom. The van der Waals surface area contributed by atoms with Crippen LogP contribution in [0.25, 0.3) is 11.6 Å². The number of para-hydroxylation sites is 1. The van der Waals surface area contributed by atoms with E-state index in [1.165, 1.54) is 0 Å². The molecule has 1 aliphatic heterocycles. The number of fused-ring (bicyclic) bond motifs is 2. The molecular weight excluding hydrogens is 807 g/mol. The van der Waals surface area contributed by atoms with Crippen LogP contribution in [0.5, 0.6) is 0 Å². The number of rotatable bonds is 28. The summed E-state index contributed by atoms with van der Waals surface area (Å²) in [4.78, 5) is 65.1. The number of ether oxygens (including phenoxy) is 4. The van der Waals surface area contributed by atoms with Crippen molar-refractivity contribution < 1.29 is 48.0 Å². The number of carbonyl (C=O) groups is 5. The van der Waals surface area contributed by atoms with E-state index in [0.717, 1.165) is 47.2 Å². The molecule has 1 aliphatic rings. The van der Waals surface area contributed by atoms with Crippen LogP contribution in [-0.2, 0) is 56.1 Å². The number of hydrogen-bond acceptors (Lipinski definition) is 10. The van der Waals surface area contributed by atoms with Crippen LogP contribution in [0.3, 0.4) is 0 Å². The first kappa shape index (κ1) is 50.2. The molecule has 15 heteroatoms. The Morgan fingerprint density at radius 2 is 1.30 bits per heavy atom. The summed E-state index contributed by atoms with van der Waals surface area (Å²) in [5, 5.41) is 20.0. The number of nitrogens with one attached hydrogen (secondary N) is 4. The minimum Gasteiger partial charge on any atom is -0.392 e. The van der Waals surface area contributed by atoms with Gasteiger partial charge in [0.05, 0.1) is 78.2 Å². The highest BCUT2D eigenvalue weighted by molar-refractivity contribution is 5.99. The van der Waals surface area contributed by atoms with Gasteiger partial charge in [-0.1, -0.05) is 80.9 Å². The fraction of sp³-hybridized carbons (Fsp3) is 0.479. The lowest BCUT2D eigenvalue weighted by atomic mass is 9.96. The molecule has 1 heterocycles. The average molecular weight is 872 g/mol. The summed E-state index contributed by atoms with van der Waals surface area (Å²) in [6, 6.07) is 22.1. The molecule has 0 saturated carbocycles. The lowest BCUT2D eigenvalue weighted by molar-refractivity contribution is -0.131. The second-order valence-corrected chi connectivity index (χ2v) is 15.5. The van der Waals surface area contributed by atoms with Gasteiger partial charge in [0.15, 0.2) is 0 Å². The van der Waals surface area contributed by atoms with Gasteiger partial charge in [-0.05, 0) is 66.1 Å². The summed E-state index contributed by atoms with van der Waals surface area (Å²) < 4.78 is 22.0. The van der Waals surface area contributed by atoms with E-state index in [-0.39, 0.29) is 69.5 Å². The molecule has 5 N–H and O–H groups in total. The van der Waals surface area contributed by atoms with Crippen LogP contribution in [-0.4, -0.2) is 107 Å². The number of benzene rings is 3. The van der Waals surface area contributed by atoms with Crippen LogP contribution in [0.2, 0.25) is 0 Å². The van der Waals surface area contributed by atoms with E-state index in [2.05, 4.69) is 52.5 Å². The lowest BCUT2D eigenvalue weighted by Crippen LogP contribution is -2.51. The third kappa shape index (κ3) is 18.4. The van der Waals surface area contributed by atoms with E-state index in [9.17, 15) is 24.0 Å². The summed E-state index contributed by atoms with van der Waals surface area (Å²) in [6.07, 6.45) is 5.30. The number of allylic oxidation sites excluding steroid dienone is 1. The van der Waals surface area contributed by atoms with Crippen LogP contribution in [0, 0.1) is 5.92 Å². The zero-order chi connectivity index (χ0) is 45.2. The van der Waals surface area contributed by atoms with Crippen molar-refractivity contribution in [3.05, 3.63) is 95.1 Å². The highest BCUT2D eigenvalue weighted by atomic mass is 16.6. The maximum atomic E-state index is 13.5. The summed E-state index contributed by atoms with van der Waals surface area (Å²) in [5.74, 6) is -1.42. The third-order valence-corrected chi connectivity index (χ3v) is 10.2. The van der Waals surface area contributed by atoms with Gasteiger partial charge < -0.3 is 50.2 Å². The molecule has 0 unspecified atom stereocenters. The molecule has 0 aliphatic carbocycles. The van der Waals surface area contributed by atoms with Gasteiger partial charge >= 0.3 is 0 Å². The summed E-state index contributed by atoms with van der Waals surface area (Å²) in [7, 11) is 0. The van der Waals surface area contributed by atoms with Crippen LogP contribution < -0.4 is 26.2 Å². The molecule has 3 aromatic carbocycles. The molecule has 342 valence electrons. The molecule has 15 nitrogen and oxygen atoms in total. The summed E-state index contributed by atoms with van der Waals surface area (Å²) in [5.41, 5.74) is 6.63. The van der Waals surface area contributed by atoms with Crippen molar-refractivity contribution in [1.29, 1.82) is 0 Å². The Labute approximate surface area is 371 Å². The Kier molecular flexibility index (Phi) is 22.5. The van der Waals surface area contributed by atoms with E-state index in [0.29, 0.717) is 63.8 Å². The molecular formula is C48H65N5O10. The minimum atomic E-state index is -0.817. The van der Waals surface area contributed by atoms with Gasteiger partial charge in [-0.2, -0.15) is 0 Å². The monoisotopic (exact) mass is 871 g/mol. The van der Waals surface area contributed by atoms with E-state index in [1.54, 1.807) is 38.1 Å². The van der Waals surface area contributed by atoms with Gasteiger partial charge in [0.1, 0.15) is 6.04 Å². The van der Waals surface area contributed by atoms with Crippen molar-refractivity contribution in [2.24, 2.45) is 5.92 Å². The summed E-state index contributed by atoms with van der Waals surface area (Å²) >= 11 is 0. The molecule has 3 aromatic rings. The van der Waals surface area contributed by atoms with E-state index in [4.69, 9.17) is 24.1 Å². The highest BCUT2D eigenvalue weighted by Gasteiger charge is 2.25. The second kappa shape index (κ2) is 28.3. The first-order chi connectivity index (χ1) is 30.5. The molecule has 5 amide bonds. The largest absolute Gasteiger partial charge is 0.392 e. The van der Waals surface area contributed by atoms with Crippen molar-refractivity contribution >= 4 is 52.6 Å². The maximum Gasteiger partial charge on any atom is 0.243 e. The molecule has 4 rings (SSSR count). The Hall–Kier alpha value is -5.45. The number of nitrogens with zero attached hydrogens (tertiary/aromatic N) is 1. The number of unbranched alkanes of at least 4 members (excludes halogenated alkanes) is 2. The molecule has 1 atom stereocenters.